The second-order valence-electron chi connectivity index (χ2n) is 5.06. The molecule has 0 aliphatic carbocycles. The van der Waals surface area contributed by atoms with E-state index >= 15 is 0 Å². The van der Waals surface area contributed by atoms with Crippen LogP contribution in [0.5, 0.6) is 0 Å². The van der Waals surface area contributed by atoms with Crippen molar-refractivity contribution in [2.75, 3.05) is 12.3 Å². The summed E-state index contributed by atoms with van der Waals surface area (Å²) in [5.41, 5.74) is 1.74. The summed E-state index contributed by atoms with van der Waals surface area (Å²) < 4.78 is 27.6. The van der Waals surface area contributed by atoms with Crippen molar-refractivity contribution in [2.24, 2.45) is 0 Å². The van der Waals surface area contributed by atoms with Crippen LogP contribution in [0.15, 0.2) is 24.3 Å². The number of benzene rings is 1. The molecule has 0 fully saturated rings. The van der Waals surface area contributed by atoms with Gasteiger partial charge in [0.15, 0.2) is 0 Å². The van der Waals surface area contributed by atoms with Gasteiger partial charge < -0.3 is 5.32 Å². The number of fused-ring (bicyclic) bond motifs is 1. The first kappa shape index (κ1) is 15.0. The Morgan fingerprint density at radius 2 is 2.14 bits per heavy atom. The van der Waals surface area contributed by atoms with Crippen LogP contribution in [0, 0.1) is 11.6 Å². The Bertz CT molecular complexity index is 616. The van der Waals surface area contributed by atoms with Gasteiger partial charge in [0.1, 0.15) is 11.6 Å². The third-order valence-electron chi connectivity index (χ3n) is 3.61. The van der Waals surface area contributed by atoms with Crippen LogP contribution in [0.1, 0.15) is 33.8 Å². The maximum Gasteiger partial charge on any atom is 0.128 e. The van der Waals surface area contributed by atoms with Crippen molar-refractivity contribution in [1.29, 1.82) is 0 Å². The van der Waals surface area contributed by atoms with Gasteiger partial charge in [-0.1, -0.05) is 6.92 Å². The topological polar surface area (TPSA) is 12.0 Å². The molecule has 3 rings (SSSR count). The molecule has 1 aromatic carbocycles. The SMILES string of the molecule is CCNC(c1cc2c(s1)CCSC2)c1cc(F)ccc1F. The number of hydrogen-bond acceptors (Lipinski definition) is 3. The Morgan fingerprint density at radius 1 is 1.29 bits per heavy atom. The molecule has 112 valence electrons. The molecule has 21 heavy (non-hydrogen) atoms. The Labute approximate surface area is 131 Å². The van der Waals surface area contributed by atoms with Crippen LogP contribution in [0.25, 0.3) is 0 Å². The highest BCUT2D eigenvalue weighted by Gasteiger charge is 2.22. The monoisotopic (exact) mass is 325 g/mol. The van der Waals surface area contributed by atoms with Gasteiger partial charge >= 0.3 is 0 Å². The number of thioether (sulfide) groups is 1. The molecule has 1 atom stereocenters. The minimum atomic E-state index is -0.397. The maximum atomic E-state index is 14.1. The van der Waals surface area contributed by atoms with E-state index in [-0.39, 0.29) is 11.9 Å². The van der Waals surface area contributed by atoms with Gasteiger partial charge in [0.2, 0.25) is 0 Å². The maximum absolute atomic E-state index is 14.1. The molecule has 0 saturated heterocycles. The van der Waals surface area contributed by atoms with Crippen LogP contribution in [0.2, 0.25) is 0 Å². The van der Waals surface area contributed by atoms with Gasteiger partial charge in [-0.3, -0.25) is 0 Å². The molecule has 0 saturated carbocycles. The van der Waals surface area contributed by atoms with E-state index in [0.717, 1.165) is 28.9 Å². The van der Waals surface area contributed by atoms with Crippen molar-refractivity contribution in [3.63, 3.8) is 0 Å². The molecule has 2 heterocycles. The third kappa shape index (κ3) is 3.15. The number of halogens is 2. The Hall–Kier alpha value is -0.910. The number of aryl methyl sites for hydroxylation is 1. The molecule has 0 spiro atoms. The summed E-state index contributed by atoms with van der Waals surface area (Å²) in [6.07, 6.45) is 1.08. The first-order chi connectivity index (χ1) is 10.2. The zero-order chi connectivity index (χ0) is 14.8. The summed E-state index contributed by atoms with van der Waals surface area (Å²) in [6, 6.07) is 5.56. The summed E-state index contributed by atoms with van der Waals surface area (Å²) in [6.45, 7) is 2.69. The molecule has 0 bridgehead atoms. The van der Waals surface area contributed by atoms with Gasteiger partial charge in [0, 0.05) is 21.1 Å². The van der Waals surface area contributed by atoms with Crippen LogP contribution in [0.4, 0.5) is 8.78 Å². The van der Waals surface area contributed by atoms with Gasteiger partial charge in [0.25, 0.3) is 0 Å². The lowest BCUT2D eigenvalue weighted by atomic mass is 10.0. The molecule has 0 radical (unpaired) electrons. The molecular weight excluding hydrogens is 308 g/mol. The van der Waals surface area contributed by atoms with E-state index in [1.807, 2.05) is 18.7 Å². The minimum absolute atomic E-state index is 0.272. The predicted molar refractivity (Wildman–Crippen MR) is 86.1 cm³/mol. The molecular formula is C16H17F2NS2. The fourth-order valence-electron chi connectivity index (χ4n) is 2.62. The molecule has 1 nitrogen and oxygen atoms in total. The zero-order valence-electron chi connectivity index (χ0n) is 11.8. The lowest BCUT2D eigenvalue weighted by Crippen LogP contribution is -2.22. The highest BCUT2D eigenvalue weighted by atomic mass is 32.2. The lowest BCUT2D eigenvalue weighted by molar-refractivity contribution is 0.548. The van der Waals surface area contributed by atoms with E-state index in [0.29, 0.717) is 12.1 Å². The van der Waals surface area contributed by atoms with Crippen molar-refractivity contribution >= 4 is 23.1 Å². The van der Waals surface area contributed by atoms with Crippen molar-refractivity contribution in [1.82, 2.24) is 5.32 Å². The quantitative estimate of drug-likeness (QED) is 0.887. The standard InChI is InChI=1S/C16H17F2NS2/c1-2-19-16(12-8-11(17)3-4-13(12)18)15-7-10-9-20-6-5-14(10)21-15/h3-4,7-8,16,19H,2,5-6,9H2,1H3. The fraction of sp³-hybridized carbons (Fsp3) is 0.375. The average molecular weight is 325 g/mol. The van der Waals surface area contributed by atoms with Gasteiger partial charge in [-0.15, -0.1) is 11.3 Å². The Balaban J connectivity index is 2.01. The number of nitrogens with one attached hydrogen (secondary N) is 1. The van der Waals surface area contributed by atoms with Crippen LogP contribution >= 0.6 is 23.1 Å². The molecule has 1 N–H and O–H groups in total. The first-order valence-electron chi connectivity index (χ1n) is 7.06. The van der Waals surface area contributed by atoms with Crippen molar-refractivity contribution in [2.45, 2.75) is 25.1 Å². The predicted octanol–water partition coefficient (Wildman–Crippen LogP) is 4.51. The molecule has 1 aliphatic rings. The first-order valence-corrected chi connectivity index (χ1v) is 9.03. The summed E-state index contributed by atoms with van der Waals surface area (Å²) in [4.78, 5) is 2.47. The normalized spacial score (nSPS) is 15.8. The zero-order valence-corrected chi connectivity index (χ0v) is 13.4. The molecule has 0 amide bonds. The van der Waals surface area contributed by atoms with Crippen molar-refractivity contribution < 1.29 is 8.78 Å². The van der Waals surface area contributed by atoms with E-state index in [9.17, 15) is 8.78 Å². The smallest absolute Gasteiger partial charge is 0.128 e. The summed E-state index contributed by atoms with van der Waals surface area (Å²) in [5.74, 6) is 1.41. The second-order valence-corrected chi connectivity index (χ2v) is 7.33. The second kappa shape index (κ2) is 6.46. The number of thiophene rings is 1. The van der Waals surface area contributed by atoms with Crippen molar-refractivity contribution in [3.05, 3.63) is 56.8 Å². The molecule has 5 heteroatoms. The van der Waals surface area contributed by atoms with E-state index < -0.39 is 5.82 Å². The van der Waals surface area contributed by atoms with Gasteiger partial charge in [-0.2, -0.15) is 11.8 Å². The van der Waals surface area contributed by atoms with Crippen LogP contribution in [0.3, 0.4) is 0 Å². The van der Waals surface area contributed by atoms with Gasteiger partial charge in [0.05, 0.1) is 6.04 Å². The number of rotatable bonds is 4. The summed E-state index contributed by atoms with van der Waals surface area (Å²) in [5, 5.41) is 3.29. The van der Waals surface area contributed by atoms with Gasteiger partial charge in [-0.05, 0) is 48.5 Å². The summed E-state index contributed by atoms with van der Waals surface area (Å²) in [7, 11) is 0. The van der Waals surface area contributed by atoms with E-state index in [1.165, 1.54) is 22.6 Å². The van der Waals surface area contributed by atoms with Gasteiger partial charge in [-0.25, -0.2) is 8.78 Å². The Kier molecular flexibility index (Phi) is 4.62. The van der Waals surface area contributed by atoms with E-state index in [2.05, 4.69) is 11.4 Å². The van der Waals surface area contributed by atoms with Crippen LogP contribution in [-0.4, -0.2) is 12.3 Å². The van der Waals surface area contributed by atoms with Crippen molar-refractivity contribution in [3.8, 4) is 0 Å². The third-order valence-corrected chi connectivity index (χ3v) is 5.92. The average Bonchev–Trinajstić information content (AvgIpc) is 2.91. The largest absolute Gasteiger partial charge is 0.306 e. The lowest BCUT2D eigenvalue weighted by Gasteiger charge is -2.17. The number of hydrogen-bond donors (Lipinski definition) is 1. The fourth-order valence-corrected chi connectivity index (χ4v) is 5.09. The summed E-state index contributed by atoms with van der Waals surface area (Å²) >= 11 is 3.66. The van der Waals surface area contributed by atoms with Crippen LogP contribution < -0.4 is 5.32 Å². The highest BCUT2D eigenvalue weighted by Crippen LogP contribution is 2.37. The minimum Gasteiger partial charge on any atom is -0.306 e. The van der Waals surface area contributed by atoms with E-state index in [4.69, 9.17) is 0 Å². The van der Waals surface area contributed by atoms with Crippen LogP contribution in [-0.2, 0) is 12.2 Å². The highest BCUT2D eigenvalue weighted by molar-refractivity contribution is 7.98. The van der Waals surface area contributed by atoms with E-state index in [1.54, 1.807) is 11.3 Å². The molecule has 1 unspecified atom stereocenters. The molecule has 1 aromatic heterocycles. The molecule has 1 aliphatic heterocycles. The Morgan fingerprint density at radius 3 is 2.90 bits per heavy atom. The molecule has 2 aromatic rings.